The number of amides is 2. The van der Waals surface area contributed by atoms with Gasteiger partial charge >= 0.3 is 6.18 Å². The van der Waals surface area contributed by atoms with Crippen LogP contribution in [0.25, 0.3) is 0 Å². The lowest BCUT2D eigenvalue weighted by atomic mass is 10.2. The van der Waals surface area contributed by atoms with Gasteiger partial charge in [-0.1, -0.05) is 25.4 Å². The maximum atomic E-state index is 12.8. The second-order valence-electron chi connectivity index (χ2n) is 5.30. The lowest BCUT2D eigenvalue weighted by Gasteiger charge is -2.21. The van der Waals surface area contributed by atoms with Crippen LogP contribution in [-0.4, -0.2) is 29.8 Å². The van der Waals surface area contributed by atoms with Gasteiger partial charge in [0.1, 0.15) is 6.42 Å². The molecule has 0 aromatic heterocycles. The van der Waals surface area contributed by atoms with Crippen molar-refractivity contribution < 1.29 is 22.8 Å². The molecule has 0 atom stereocenters. The summed E-state index contributed by atoms with van der Waals surface area (Å²) in [6, 6.07) is 3.07. The van der Waals surface area contributed by atoms with Crippen LogP contribution in [0.3, 0.4) is 0 Å². The van der Waals surface area contributed by atoms with Gasteiger partial charge in [-0.05, 0) is 31.0 Å². The molecule has 0 unspecified atom stereocenters. The average molecular weight is 365 g/mol. The fourth-order valence-corrected chi connectivity index (χ4v) is 2.40. The summed E-state index contributed by atoms with van der Waals surface area (Å²) in [7, 11) is 0. The van der Waals surface area contributed by atoms with Gasteiger partial charge in [0, 0.05) is 18.8 Å². The first-order chi connectivity index (χ1) is 11.2. The van der Waals surface area contributed by atoms with E-state index in [0.717, 1.165) is 25.0 Å². The standard InChI is InChI=1S/C16H20ClF3N2O2/c1-3-7-22(8-4-2)15(24)10-14(23)21-11-5-6-13(17)12(9-11)16(18,19)20/h5-6,9H,3-4,7-8,10H2,1-2H3,(H,21,23). The van der Waals surface area contributed by atoms with Gasteiger partial charge in [0.25, 0.3) is 0 Å². The molecule has 0 fully saturated rings. The van der Waals surface area contributed by atoms with Gasteiger partial charge in [0.2, 0.25) is 11.8 Å². The average Bonchev–Trinajstić information content (AvgIpc) is 2.47. The molecule has 0 aliphatic carbocycles. The molecule has 0 saturated heterocycles. The quantitative estimate of drug-likeness (QED) is 0.732. The SMILES string of the molecule is CCCN(CCC)C(=O)CC(=O)Nc1ccc(Cl)c(C(F)(F)F)c1. The Hall–Kier alpha value is -1.76. The minimum Gasteiger partial charge on any atom is -0.342 e. The Morgan fingerprint density at radius 1 is 1.17 bits per heavy atom. The monoisotopic (exact) mass is 364 g/mol. The fourth-order valence-electron chi connectivity index (χ4n) is 2.18. The molecule has 2 amide bonds. The van der Waals surface area contributed by atoms with Crippen LogP contribution in [0.1, 0.15) is 38.7 Å². The Morgan fingerprint density at radius 3 is 2.25 bits per heavy atom. The molecule has 0 aliphatic heterocycles. The zero-order chi connectivity index (χ0) is 18.3. The number of halogens is 4. The molecule has 24 heavy (non-hydrogen) atoms. The predicted molar refractivity (Wildman–Crippen MR) is 86.9 cm³/mol. The number of carbonyl (C=O) groups excluding carboxylic acids is 2. The highest BCUT2D eigenvalue weighted by atomic mass is 35.5. The third-order valence-corrected chi connectivity index (χ3v) is 3.54. The third-order valence-electron chi connectivity index (χ3n) is 3.21. The summed E-state index contributed by atoms with van der Waals surface area (Å²) in [5.74, 6) is -1.01. The summed E-state index contributed by atoms with van der Waals surface area (Å²) in [5.41, 5.74) is -1.09. The van der Waals surface area contributed by atoms with Crippen LogP contribution in [0.15, 0.2) is 18.2 Å². The zero-order valence-electron chi connectivity index (χ0n) is 13.5. The van der Waals surface area contributed by atoms with Crippen LogP contribution in [0, 0.1) is 0 Å². The number of benzene rings is 1. The van der Waals surface area contributed by atoms with Crippen LogP contribution in [0.2, 0.25) is 5.02 Å². The third kappa shape index (κ3) is 6.03. The van der Waals surface area contributed by atoms with Gasteiger partial charge in [-0.2, -0.15) is 13.2 Å². The Morgan fingerprint density at radius 2 is 1.75 bits per heavy atom. The van der Waals surface area contributed by atoms with E-state index in [2.05, 4.69) is 5.32 Å². The minimum absolute atomic E-state index is 0.0536. The predicted octanol–water partition coefficient (Wildman–Crippen LogP) is 4.34. The van der Waals surface area contributed by atoms with E-state index in [1.807, 2.05) is 13.8 Å². The first-order valence-corrected chi connectivity index (χ1v) is 8.01. The Labute approximate surface area is 144 Å². The maximum Gasteiger partial charge on any atom is 0.417 e. The smallest absolute Gasteiger partial charge is 0.342 e. The molecule has 1 aromatic carbocycles. The first-order valence-electron chi connectivity index (χ1n) is 7.63. The zero-order valence-corrected chi connectivity index (χ0v) is 14.3. The summed E-state index contributed by atoms with van der Waals surface area (Å²) in [5, 5.41) is 1.86. The summed E-state index contributed by atoms with van der Waals surface area (Å²) >= 11 is 5.52. The number of anilines is 1. The van der Waals surface area contributed by atoms with E-state index in [9.17, 15) is 22.8 Å². The van der Waals surface area contributed by atoms with Crippen molar-refractivity contribution in [3.05, 3.63) is 28.8 Å². The van der Waals surface area contributed by atoms with Crippen molar-refractivity contribution in [3.8, 4) is 0 Å². The van der Waals surface area contributed by atoms with E-state index in [1.165, 1.54) is 6.07 Å². The maximum absolute atomic E-state index is 12.8. The number of hydrogen-bond acceptors (Lipinski definition) is 2. The molecule has 8 heteroatoms. The van der Waals surface area contributed by atoms with Crippen molar-refractivity contribution in [3.63, 3.8) is 0 Å². The molecular formula is C16H20ClF3N2O2. The second-order valence-corrected chi connectivity index (χ2v) is 5.71. The molecular weight excluding hydrogens is 345 g/mol. The Bertz CT molecular complexity index is 585. The van der Waals surface area contributed by atoms with Gasteiger partial charge in [-0.25, -0.2) is 0 Å². The lowest BCUT2D eigenvalue weighted by Crippen LogP contribution is -2.35. The summed E-state index contributed by atoms with van der Waals surface area (Å²) < 4.78 is 38.4. The topological polar surface area (TPSA) is 49.4 Å². The van der Waals surface area contributed by atoms with Gasteiger partial charge in [0.05, 0.1) is 10.6 Å². The van der Waals surface area contributed by atoms with E-state index >= 15 is 0 Å². The minimum atomic E-state index is -4.62. The van der Waals surface area contributed by atoms with Crippen molar-refractivity contribution >= 4 is 29.1 Å². The molecule has 0 spiro atoms. The van der Waals surface area contributed by atoms with Crippen LogP contribution < -0.4 is 5.32 Å². The normalized spacial score (nSPS) is 11.2. The van der Waals surface area contributed by atoms with Crippen molar-refractivity contribution in [1.29, 1.82) is 0 Å². The lowest BCUT2D eigenvalue weighted by molar-refractivity contribution is -0.138. The molecule has 1 rings (SSSR count). The molecule has 0 radical (unpaired) electrons. The van der Waals surface area contributed by atoms with Gasteiger partial charge in [-0.15, -0.1) is 0 Å². The summed E-state index contributed by atoms with van der Waals surface area (Å²) in [4.78, 5) is 25.5. The van der Waals surface area contributed by atoms with Crippen LogP contribution in [-0.2, 0) is 15.8 Å². The number of alkyl halides is 3. The van der Waals surface area contributed by atoms with E-state index in [4.69, 9.17) is 11.6 Å². The molecule has 0 heterocycles. The van der Waals surface area contributed by atoms with Gasteiger partial charge < -0.3 is 10.2 Å². The molecule has 134 valence electrons. The van der Waals surface area contributed by atoms with Crippen molar-refractivity contribution in [2.75, 3.05) is 18.4 Å². The fraction of sp³-hybridized carbons (Fsp3) is 0.500. The summed E-state index contributed by atoms with van der Waals surface area (Å²) in [6.45, 7) is 4.92. The van der Waals surface area contributed by atoms with E-state index in [0.29, 0.717) is 13.1 Å². The number of nitrogens with zero attached hydrogens (tertiary/aromatic N) is 1. The van der Waals surface area contributed by atoms with E-state index in [1.54, 1.807) is 4.90 Å². The van der Waals surface area contributed by atoms with Crippen LogP contribution in [0.4, 0.5) is 18.9 Å². The summed E-state index contributed by atoms with van der Waals surface area (Å²) in [6.07, 6.45) is -3.50. The Balaban J connectivity index is 2.76. The highest BCUT2D eigenvalue weighted by Crippen LogP contribution is 2.36. The first kappa shape index (κ1) is 20.3. The molecule has 1 N–H and O–H groups in total. The Kier molecular flexibility index (Phi) is 7.54. The van der Waals surface area contributed by atoms with Gasteiger partial charge in [-0.3, -0.25) is 9.59 Å². The van der Waals surface area contributed by atoms with Crippen molar-refractivity contribution in [1.82, 2.24) is 4.90 Å². The number of carbonyl (C=O) groups is 2. The highest BCUT2D eigenvalue weighted by Gasteiger charge is 2.33. The van der Waals surface area contributed by atoms with Crippen LogP contribution in [0.5, 0.6) is 0 Å². The molecule has 0 bridgehead atoms. The van der Waals surface area contributed by atoms with Crippen LogP contribution >= 0.6 is 11.6 Å². The van der Waals surface area contributed by atoms with Gasteiger partial charge in [0.15, 0.2) is 0 Å². The molecule has 4 nitrogen and oxygen atoms in total. The number of nitrogens with one attached hydrogen (secondary N) is 1. The second kappa shape index (κ2) is 8.92. The number of hydrogen-bond donors (Lipinski definition) is 1. The largest absolute Gasteiger partial charge is 0.417 e. The van der Waals surface area contributed by atoms with E-state index < -0.39 is 29.1 Å². The molecule has 0 aliphatic rings. The highest BCUT2D eigenvalue weighted by molar-refractivity contribution is 6.31. The van der Waals surface area contributed by atoms with Crippen molar-refractivity contribution in [2.45, 2.75) is 39.3 Å². The molecule has 1 aromatic rings. The van der Waals surface area contributed by atoms with Crippen molar-refractivity contribution in [2.24, 2.45) is 0 Å². The molecule has 0 saturated carbocycles. The number of rotatable bonds is 7. The van der Waals surface area contributed by atoms with E-state index in [-0.39, 0.29) is 11.6 Å².